The molecule has 0 unspecified atom stereocenters. The molecule has 9 heteroatoms. The first-order valence-electron chi connectivity index (χ1n) is 8.26. The van der Waals surface area contributed by atoms with Gasteiger partial charge in [-0.25, -0.2) is 4.98 Å². The molecule has 1 aliphatic rings. The molecule has 0 aromatic carbocycles. The fourth-order valence-electron chi connectivity index (χ4n) is 3.20. The average molecular weight is 457 g/mol. The number of hydrogen-bond acceptors (Lipinski definition) is 6. The van der Waals surface area contributed by atoms with E-state index in [0.717, 1.165) is 35.0 Å². The van der Waals surface area contributed by atoms with Gasteiger partial charge in [-0.3, -0.25) is 14.2 Å². The molecule has 4 nitrogen and oxygen atoms in total. The topological polar surface area (TPSA) is 52.0 Å². The predicted molar refractivity (Wildman–Crippen MR) is 115 cm³/mol. The molecule has 3 aromatic heterocycles. The molecule has 3 aromatic rings. The Morgan fingerprint density at radius 2 is 2.19 bits per heavy atom. The van der Waals surface area contributed by atoms with Gasteiger partial charge in [-0.1, -0.05) is 41.0 Å². The Morgan fingerprint density at radius 3 is 2.89 bits per heavy atom. The molecule has 0 saturated carbocycles. The fraction of sp³-hybridized carbons (Fsp3) is 0.278. The van der Waals surface area contributed by atoms with Crippen LogP contribution < -0.4 is 5.56 Å². The summed E-state index contributed by atoms with van der Waals surface area (Å²) in [6, 6.07) is 1.58. The number of hydrogen-bond donors (Lipinski definition) is 0. The highest BCUT2D eigenvalue weighted by atomic mass is 35.5. The molecular weight excluding hydrogens is 443 g/mol. The van der Waals surface area contributed by atoms with E-state index in [2.05, 4.69) is 6.58 Å². The first-order chi connectivity index (χ1) is 13.0. The number of carbonyl (C=O) groups excluding carboxylic acids is 1. The Labute approximate surface area is 177 Å². The number of thiophene rings is 2. The third-order valence-electron chi connectivity index (χ3n) is 4.39. The van der Waals surface area contributed by atoms with Crippen molar-refractivity contribution in [1.82, 2.24) is 9.55 Å². The van der Waals surface area contributed by atoms with Gasteiger partial charge in [-0.15, -0.1) is 29.3 Å². The zero-order valence-electron chi connectivity index (χ0n) is 14.1. The number of nitrogens with zero attached hydrogens (tertiary/aromatic N) is 2. The van der Waals surface area contributed by atoms with Crippen LogP contribution in [0.2, 0.25) is 8.67 Å². The number of ketones is 1. The molecule has 3 heterocycles. The number of halogens is 2. The lowest BCUT2D eigenvalue weighted by Crippen LogP contribution is -2.23. The molecule has 4 rings (SSSR count). The Morgan fingerprint density at radius 1 is 1.37 bits per heavy atom. The molecule has 0 atom stereocenters. The molecular formula is C18H14Cl2N2O2S3. The van der Waals surface area contributed by atoms with Crippen molar-refractivity contribution in [2.24, 2.45) is 0 Å². The second-order valence-electron chi connectivity index (χ2n) is 6.09. The van der Waals surface area contributed by atoms with Gasteiger partial charge in [0, 0.05) is 17.0 Å². The van der Waals surface area contributed by atoms with Crippen LogP contribution in [0.4, 0.5) is 0 Å². The van der Waals surface area contributed by atoms with Gasteiger partial charge in [0.1, 0.15) is 9.17 Å². The van der Waals surface area contributed by atoms with E-state index in [0.29, 0.717) is 25.9 Å². The van der Waals surface area contributed by atoms with Crippen LogP contribution in [0.1, 0.15) is 27.2 Å². The molecule has 0 amide bonds. The maximum atomic E-state index is 13.1. The minimum atomic E-state index is -0.138. The first-order valence-corrected chi connectivity index (χ1v) is 11.6. The van der Waals surface area contributed by atoms with E-state index in [4.69, 9.17) is 28.2 Å². The molecule has 0 radical (unpaired) electrons. The van der Waals surface area contributed by atoms with Gasteiger partial charge < -0.3 is 0 Å². The normalized spacial score (nSPS) is 13.3. The molecule has 0 N–H and O–H groups in total. The molecule has 0 bridgehead atoms. The van der Waals surface area contributed by atoms with Gasteiger partial charge in [-0.2, -0.15) is 0 Å². The van der Waals surface area contributed by atoms with E-state index < -0.39 is 0 Å². The second-order valence-corrected chi connectivity index (χ2v) is 10.4. The van der Waals surface area contributed by atoms with E-state index in [9.17, 15) is 9.59 Å². The van der Waals surface area contributed by atoms with Gasteiger partial charge in [0.15, 0.2) is 10.9 Å². The number of Topliss-reactive ketones (excluding diaryl/α,β-unsaturated/α-hetero) is 1. The fourth-order valence-corrected chi connectivity index (χ4v) is 6.89. The summed E-state index contributed by atoms with van der Waals surface area (Å²) in [5, 5.41) is 1.26. The van der Waals surface area contributed by atoms with Gasteiger partial charge in [0.05, 0.1) is 15.5 Å². The highest BCUT2D eigenvalue weighted by Gasteiger charge is 2.23. The van der Waals surface area contributed by atoms with Crippen molar-refractivity contribution in [2.45, 2.75) is 31.0 Å². The summed E-state index contributed by atoms with van der Waals surface area (Å²) in [5.74, 6) is -0.00576. The standard InChI is InChI=1S/C18H14Cl2N2O2S3/c1-2-6-22-17(24)14-9-4-3-5-12(9)26-16(14)21-18(22)25-8-11(23)10-7-13(19)27-15(10)20/h2,7H,1,3-6,8H2. The predicted octanol–water partition coefficient (Wildman–Crippen LogP) is 5.48. The summed E-state index contributed by atoms with van der Waals surface area (Å²) in [7, 11) is 0. The number of allylic oxidation sites excluding steroid dienone is 1. The number of aromatic nitrogens is 2. The Balaban J connectivity index is 1.69. The van der Waals surface area contributed by atoms with Crippen LogP contribution in [-0.2, 0) is 19.4 Å². The van der Waals surface area contributed by atoms with Gasteiger partial charge in [0.25, 0.3) is 5.56 Å². The molecule has 0 spiro atoms. The highest BCUT2D eigenvalue weighted by molar-refractivity contribution is 7.99. The molecule has 0 saturated heterocycles. The molecule has 27 heavy (non-hydrogen) atoms. The number of carbonyl (C=O) groups is 1. The lowest BCUT2D eigenvalue weighted by Gasteiger charge is -2.10. The molecule has 0 fully saturated rings. The minimum absolute atomic E-state index is 0.0501. The average Bonchev–Trinajstić information content (AvgIpc) is 3.29. The Kier molecular flexibility index (Phi) is 5.49. The summed E-state index contributed by atoms with van der Waals surface area (Å²) >= 11 is 16.0. The van der Waals surface area contributed by atoms with Crippen molar-refractivity contribution in [3.63, 3.8) is 0 Å². The van der Waals surface area contributed by atoms with Crippen LogP contribution in [-0.4, -0.2) is 21.1 Å². The van der Waals surface area contributed by atoms with Crippen LogP contribution >= 0.6 is 57.6 Å². The monoisotopic (exact) mass is 456 g/mol. The summed E-state index contributed by atoms with van der Waals surface area (Å²) in [5.41, 5.74) is 1.51. The number of fused-ring (bicyclic) bond motifs is 3. The summed E-state index contributed by atoms with van der Waals surface area (Å²) in [6.45, 7) is 4.10. The Bertz CT molecular complexity index is 1130. The number of thioether (sulfide) groups is 1. The molecule has 140 valence electrons. The zero-order valence-corrected chi connectivity index (χ0v) is 18.1. The van der Waals surface area contributed by atoms with Crippen LogP contribution in [0.15, 0.2) is 28.7 Å². The minimum Gasteiger partial charge on any atom is -0.293 e. The van der Waals surface area contributed by atoms with E-state index in [1.807, 2.05) is 0 Å². The molecule has 1 aliphatic carbocycles. The van der Waals surface area contributed by atoms with Crippen molar-refractivity contribution < 1.29 is 4.79 Å². The van der Waals surface area contributed by atoms with E-state index in [1.54, 1.807) is 28.0 Å². The third-order valence-corrected chi connectivity index (χ3v) is 8.04. The lowest BCUT2D eigenvalue weighted by atomic mass is 10.2. The second kappa shape index (κ2) is 7.72. The van der Waals surface area contributed by atoms with Gasteiger partial charge in [-0.05, 0) is 30.9 Å². The van der Waals surface area contributed by atoms with E-state index in [-0.39, 0.29) is 17.1 Å². The maximum Gasteiger partial charge on any atom is 0.263 e. The summed E-state index contributed by atoms with van der Waals surface area (Å²) < 4.78 is 2.46. The van der Waals surface area contributed by atoms with Crippen LogP contribution in [0.25, 0.3) is 10.2 Å². The molecule has 0 aliphatic heterocycles. The van der Waals surface area contributed by atoms with E-state index in [1.165, 1.54) is 28.0 Å². The highest BCUT2D eigenvalue weighted by Crippen LogP contribution is 2.36. The summed E-state index contributed by atoms with van der Waals surface area (Å²) in [6.07, 6.45) is 4.70. The van der Waals surface area contributed by atoms with Crippen LogP contribution in [0, 0.1) is 0 Å². The van der Waals surface area contributed by atoms with Crippen LogP contribution in [0.5, 0.6) is 0 Å². The van der Waals surface area contributed by atoms with Crippen molar-refractivity contribution in [2.75, 3.05) is 5.75 Å². The largest absolute Gasteiger partial charge is 0.293 e. The van der Waals surface area contributed by atoms with E-state index >= 15 is 0 Å². The zero-order chi connectivity index (χ0) is 19.1. The maximum absolute atomic E-state index is 13.1. The van der Waals surface area contributed by atoms with Gasteiger partial charge >= 0.3 is 0 Å². The SMILES string of the molecule is C=CCn1c(SCC(=O)c2cc(Cl)sc2Cl)nc2sc3c(c2c1=O)CCC3. The van der Waals surface area contributed by atoms with Gasteiger partial charge in [0.2, 0.25) is 0 Å². The van der Waals surface area contributed by atoms with Crippen molar-refractivity contribution in [3.8, 4) is 0 Å². The Hall–Kier alpha value is -1.12. The third kappa shape index (κ3) is 3.51. The summed E-state index contributed by atoms with van der Waals surface area (Å²) in [4.78, 5) is 32.3. The first kappa shape index (κ1) is 19.2. The quantitative estimate of drug-likeness (QED) is 0.213. The lowest BCUT2D eigenvalue weighted by molar-refractivity contribution is 0.102. The number of rotatable bonds is 6. The smallest absolute Gasteiger partial charge is 0.263 e. The number of aryl methyl sites for hydroxylation is 2. The van der Waals surface area contributed by atoms with Crippen molar-refractivity contribution in [3.05, 3.63) is 53.8 Å². The van der Waals surface area contributed by atoms with Crippen molar-refractivity contribution >= 4 is 73.6 Å². The van der Waals surface area contributed by atoms with Crippen LogP contribution in [0.3, 0.4) is 0 Å². The van der Waals surface area contributed by atoms with Crippen molar-refractivity contribution in [1.29, 1.82) is 0 Å².